The molecule has 2 rings (SSSR count). The van der Waals surface area contributed by atoms with Crippen molar-refractivity contribution < 1.29 is 22.7 Å². The molecule has 0 spiro atoms. The Labute approximate surface area is 174 Å². The molecule has 1 saturated carbocycles. The molecule has 0 atom stereocenters. The molecule has 1 aliphatic rings. The molecule has 29 heavy (non-hydrogen) atoms. The summed E-state index contributed by atoms with van der Waals surface area (Å²) in [6, 6.07) is 6.97. The Morgan fingerprint density at radius 1 is 1.17 bits per heavy atom. The van der Waals surface area contributed by atoms with Crippen molar-refractivity contribution in [3.63, 3.8) is 0 Å². The molecule has 0 unspecified atom stereocenters. The predicted molar refractivity (Wildman–Crippen MR) is 115 cm³/mol. The number of para-hydroxylation sites is 2. The Morgan fingerprint density at radius 3 is 2.59 bits per heavy atom. The van der Waals surface area contributed by atoms with E-state index in [2.05, 4.69) is 5.32 Å². The van der Waals surface area contributed by atoms with Crippen LogP contribution in [0.3, 0.4) is 0 Å². The number of rotatable bonds is 12. The van der Waals surface area contributed by atoms with Crippen LogP contribution in [0, 0.1) is 0 Å². The monoisotopic (exact) mass is 426 g/mol. The lowest BCUT2D eigenvalue weighted by Crippen LogP contribution is -2.32. The third kappa shape index (κ3) is 8.22. The van der Waals surface area contributed by atoms with Crippen molar-refractivity contribution >= 4 is 21.6 Å². The molecule has 1 aromatic carbocycles. The van der Waals surface area contributed by atoms with Gasteiger partial charge >= 0.3 is 0 Å². The van der Waals surface area contributed by atoms with Crippen molar-refractivity contribution in [2.24, 2.45) is 0 Å². The Bertz CT molecular complexity index is 732. The largest absolute Gasteiger partial charge is 0.495 e. The number of nitrogens with one attached hydrogen (secondary N) is 1. The van der Waals surface area contributed by atoms with Crippen LogP contribution < -0.4 is 14.4 Å². The molecule has 0 heterocycles. The fourth-order valence-corrected chi connectivity index (χ4v) is 4.52. The number of benzene rings is 1. The summed E-state index contributed by atoms with van der Waals surface area (Å²) in [5, 5.41) is 2.88. The van der Waals surface area contributed by atoms with Gasteiger partial charge in [-0.15, -0.1) is 0 Å². The van der Waals surface area contributed by atoms with E-state index < -0.39 is 10.0 Å². The summed E-state index contributed by atoms with van der Waals surface area (Å²) in [6.07, 6.45) is 9.14. The number of carbonyl (C=O) groups excluding carboxylic acids is 1. The Kier molecular flexibility index (Phi) is 9.73. The van der Waals surface area contributed by atoms with Gasteiger partial charge in [0, 0.05) is 26.1 Å². The second kappa shape index (κ2) is 12.0. The van der Waals surface area contributed by atoms with Crippen LogP contribution in [-0.4, -0.2) is 53.5 Å². The average molecular weight is 427 g/mol. The number of ether oxygens (including phenoxy) is 2. The highest BCUT2D eigenvalue weighted by molar-refractivity contribution is 7.92. The number of anilines is 1. The Hall–Kier alpha value is -1.80. The van der Waals surface area contributed by atoms with E-state index in [4.69, 9.17) is 9.47 Å². The third-order valence-corrected chi connectivity index (χ3v) is 6.25. The summed E-state index contributed by atoms with van der Waals surface area (Å²) in [5.41, 5.74) is 0.484. The summed E-state index contributed by atoms with van der Waals surface area (Å²) in [5.74, 6) is 0.413. The Morgan fingerprint density at radius 2 is 1.90 bits per heavy atom. The number of hydrogen-bond donors (Lipinski definition) is 1. The van der Waals surface area contributed by atoms with Gasteiger partial charge in [-0.05, 0) is 37.8 Å². The molecule has 8 heteroatoms. The average Bonchev–Trinajstić information content (AvgIpc) is 2.71. The molecule has 1 aliphatic carbocycles. The first kappa shape index (κ1) is 23.5. The molecule has 1 N–H and O–H groups in total. The summed E-state index contributed by atoms with van der Waals surface area (Å²) in [6.45, 7) is 1.46. The molecular formula is C21H34N2O5S. The standard InChI is InChI=1S/C21H34N2O5S/c1-27-20-13-7-6-12-19(20)23(29(2,25)26)16-8-14-21(24)22-15-9-17-28-18-10-4-3-5-11-18/h6-7,12-13,18H,3-5,8-11,14-17H2,1-2H3,(H,22,24). The number of amides is 1. The van der Waals surface area contributed by atoms with E-state index in [1.807, 2.05) is 0 Å². The van der Waals surface area contributed by atoms with Gasteiger partial charge in [-0.1, -0.05) is 31.4 Å². The topological polar surface area (TPSA) is 84.9 Å². The summed E-state index contributed by atoms with van der Waals surface area (Å²) in [7, 11) is -1.97. The normalized spacial score (nSPS) is 15.1. The highest BCUT2D eigenvalue weighted by atomic mass is 32.2. The van der Waals surface area contributed by atoms with Crippen LogP contribution in [0.5, 0.6) is 5.75 Å². The molecule has 0 saturated heterocycles. The van der Waals surface area contributed by atoms with Crippen molar-refractivity contribution in [3.8, 4) is 5.75 Å². The van der Waals surface area contributed by atoms with Crippen LogP contribution in [0.25, 0.3) is 0 Å². The maximum atomic E-state index is 12.2. The summed E-state index contributed by atoms with van der Waals surface area (Å²) >= 11 is 0. The van der Waals surface area contributed by atoms with Crippen molar-refractivity contribution in [1.82, 2.24) is 5.32 Å². The number of hydrogen-bond acceptors (Lipinski definition) is 5. The van der Waals surface area contributed by atoms with Gasteiger partial charge in [0.05, 0.1) is 25.2 Å². The smallest absolute Gasteiger partial charge is 0.232 e. The van der Waals surface area contributed by atoms with Gasteiger partial charge < -0.3 is 14.8 Å². The predicted octanol–water partition coefficient (Wildman–Crippen LogP) is 3.10. The summed E-state index contributed by atoms with van der Waals surface area (Å²) in [4.78, 5) is 12.1. The second-order valence-corrected chi connectivity index (χ2v) is 9.35. The minimum absolute atomic E-state index is 0.0730. The van der Waals surface area contributed by atoms with Crippen molar-refractivity contribution in [2.75, 3.05) is 37.4 Å². The minimum atomic E-state index is -3.48. The first-order chi connectivity index (χ1) is 13.9. The van der Waals surface area contributed by atoms with Gasteiger partial charge in [0.25, 0.3) is 0 Å². The molecule has 7 nitrogen and oxygen atoms in total. The molecule has 164 valence electrons. The van der Waals surface area contributed by atoms with Crippen molar-refractivity contribution in [2.45, 2.75) is 57.5 Å². The van der Waals surface area contributed by atoms with Crippen LogP contribution in [0.4, 0.5) is 5.69 Å². The maximum Gasteiger partial charge on any atom is 0.232 e. The van der Waals surface area contributed by atoms with Gasteiger partial charge in [0.15, 0.2) is 0 Å². The van der Waals surface area contributed by atoms with E-state index in [0.29, 0.717) is 37.1 Å². The molecular weight excluding hydrogens is 392 g/mol. The van der Waals surface area contributed by atoms with Gasteiger partial charge in [0.2, 0.25) is 15.9 Å². The molecule has 1 amide bonds. The third-order valence-electron chi connectivity index (χ3n) is 5.07. The van der Waals surface area contributed by atoms with Crippen LogP contribution in [0.1, 0.15) is 51.4 Å². The van der Waals surface area contributed by atoms with E-state index in [-0.39, 0.29) is 18.9 Å². The molecule has 0 radical (unpaired) electrons. The number of nitrogens with zero attached hydrogens (tertiary/aromatic N) is 1. The number of sulfonamides is 1. The summed E-state index contributed by atoms with van der Waals surface area (Å²) < 4.78 is 36.8. The van der Waals surface area contributed by atoms with Crippen LogP contribution >= 0.6 is 0 Å². The quantitative estimate of drug-likeness (QED) is 0.519. The Balaban J connectivity index is 1.70. The number of methoxy groups -OCH3 is 1. The fourth-order valence-electron chi connectivity index (χ4n) is 3.55. The lowest BCUT2D eigenvalue weighted by atomic mass is 9.98. The molecule has 1 fully saturated rings. The van der Waals surface area contributed by atoms with E-state index >= 15 is 0 Å². The van der Waals surface area contributed by atoms with Gasteiger partial charge in [-0.2, -0.15) is 0 Å². The van der Waals surface area contributed by atoms with E-state index in [9.17, 15) is 13.2 Å². The van der Waals surface area contributed by atoms with E-state index in [1.165, 1.54) is 30.7 Å². The zero-order chi connectivity index (χ0) is 21.1. The van der Waals surface area contributed by atoms with E-state index in [1.54, 1.807) is 24.3 Å². The molecule has 0 bridgehead atoms. The highest BCUT2D eigenvalue weighted by Gasteiger charge is 2.20. The van der Waals surface area contributed by atoms with Gasteiger partial charge in [-0.3, -0.25) is 9.10 Å². The molecule has 1 aromatic rings. The maximum absolute atomic E-state index is 12.2. The zero-order valence-electron chi connectivity index (χ0n) is 17.6. The first-order valence-electron chi connectivity index (χ1n) is 10.4. The SMILES string of the molecule is COc1ccccc1N(CCCC(=O)NCCCOC1CCCCC1)S(C)(=O)=O. The van der Waals surface area contributed by atoms with Gasteiger partial charge in [-0.25, -0.2) is 8.42 Å². The zero-order valence-corrected chi connectivity index (χ0v) is 18.4. The fraction of sp³-hybridized carbons (Fsp3) is 0.667. The molecule has 0 aliphatic heterocycles. The van der Waals surface area contributed by atoms with Crippen LogP contribution in [0.15, 0.2) is 24.3 Å². The molecule has 0 aromatic heterocycles. The van der Waals surface area contributed by atoms with E-state index in [0.717, 1.165) is 25.5 Å². The van der Waals surface area contributed by atoms with Crippen LogP contribution in [0.2, 0.25) is 0 Å². The van der Waals surface area contributed by atoms with Crippen molar-refractivity contribution in [3.05, 3.63) is 24.3 Å². The van der Waals surface area contributed by atoms with Crippen LogP contribution in [-0.2, 0) is 19.6 Å². The lowest BCUT2D eigenvalue weighted by Gasteiger charge is -2.24. The first-order valence-corrected chi connectivity index (χ1v) is 12.3. The minimum Gasteiger partial charge on any atom is -0.495 e. The highest BCUT2D eigenvalue weighted by Crippen LogP contribution is 2.29. The van der Waals surface area contributed by atoms with Crippen molar-refractivity contribution in [1.29, 1.82) is 0 Å². The van der Waals surface area contributed by atoms with Gasteiger partial charge in [0.1, 0.15) is 5.75 Å². The lowest BCUT2D eigenvalue weighted by molar-refractivity contribution is -0.121. The second-order valence-electron chi connectivity index (χ2n) is 7.44. The number of carbonyl (C=O) groups is 1.